The van der Waals surface area contributed by atoms with Crippen molar-refractivity contribution in [1.29, 1.82) is 0 Å². The Morgan fingerprint density at radius 2 is 2.38 bits per heavy atom. The number of aliphatic imine (C=N–C) groups is 1. The molecule has 5 heteroatoms. The first-order valence-corrected chi connectivity index (χ1v) is 6.05. The van der Waals surface area contributed by atoms with Gasteiger partial charge >= 0.3 is 0 Å². The Kier molecular flexibility index (Phi) is 6.18. The molecule has 1 saturated heterocycles. The molecule has 0 amide bonds. The normalized spacial score (nSPS) is 21.5. The van der Waals surface area contributed by atoms with E-state index in [4.69, 9.17) is 10.6 Å². The van der Waals surface area contributed by atoms with Gasteiger partial charge in [0.2, 0.25) is 5.96 Å². The number of hydrogen-bond donors (Lipinski definition) is 3. The summed E-state index contributed by atoms with van der Waals surface area (Å²) in [4.78, 5) is 4.34. The van der Waals surface area contributed by atoms with Gasteiger partial charge in [-0.15, -0.1) is 0 Å². The number of nitrogens with one attached hydrogen (secondary N) is 2. The second-order valence-corrected chi connectivity index (χ2v) is 4.67. The van der Waals surface area contributed by atoms with Crippen molar-refractivity contribution in [2.75, 3.05) is 26.3 Å². The van der Waals surface area contributed by atoms with Crippen molar-refractivity contribution in [2.24, 2.45) is 22.7 Å². The van der Waals surface area contributed by atoms with E-state index < -0.39 is 0 Å². The topological polar surface area (TPSA) is 71.7 Å². The van der Waals surface area contributed by atoms with Gasteiger partial charge in [0.05, 0.1) is 0 Å². The summed E-state index contributed by atoms with van der Waals surface area (Å²) in [5.41, 5.74) is 2.59. The van der Waals surface area contributed by atoms with Gasteiger partial charge in [-0.1, -0.05) is 13.8 Å². The summed E-state index contributed by atoms with van der Waals surface area (Å²) < 4.78 is 5.32. The number of ether oxygens (including phenoxy) is 1. The fourth-order valence-electron chi connectivity index (χ4n) is 1.63. The molecule has 0 radical (unpaired) electrons. The Morgan fingerprint density at radius 1 is 1.56 bits per heavy atom. The molecule has 0 aromatic rings. The number of hydrogen-bond acceptors (Lipinski definition) is 3. The van der Waals surface area contributed by atoms with Crippen LogP contribution < -0.4 is 16.6 Å². The minimum atomic E-state index is 0.549. The first-order valence-electron chi connectivity index (χ1n) is 6.05. The van der Waals surface area contributed by atoms with Crippen molar-refractivity contribution < 1.29 is 4.74 Å². The molecular weight excluding hydrogens is 204 g/mol. The maximum atomic E-state index is 5.39. The average molecular weight is 228 g/mol. The Morgan fingerprint density at radius 3 is 2.94 bits per heavy atom. The highest BCUT2D eigenvalue weighted by atomic mass is 16.5. The molecule has 1 aliphatic rings. The van der Waals surface area contributed by atoms with Gasteiger partial charge in [0, 0.05) is 26.3 Å². The van der Waals surface area contributed by atoms with Gasteiger partial charge in [-0.25, -0.2) is 5.84 Å². The van der Waals surface area contributed by atoms with E-state index in [0.29, 0.717) is 17.8 Å². The molecule has 1 aliphatic heterocycles. The smallest absolute Gasteiger partial charge is 0.205 e. The summed E-state index contributed by atoms with van der Waals surface area (Å²) in [6, 6.07) is 0. The molecule has 0 aliphatic carbocycles. The van der Waals surface area contributed by atoms with Gasteiger partial charge in [0.15, 0.2) is 0 Å². The van der Waals surface area contributed by atoms with Crippen LogP contribution in [0.25, 0.3) is 0 Å². The molecule has 1 rings (SSSR count). The van der Waals surface area contributed by atoms with Crippen LogP contribution in [0.3, 0.4) is 0 Å². The maximum Gasteiger partial charge on any atom is 0.205 e. The highest BCUT2D eigenvalue weighted by Gasteiger charge is 2.14. The summed E-state index contributed by atoms with van der Waals surface area (Å²) in [6.07, 6.45) is 2.29. The molecule has 4 N–H and O–H groups in total. The van der Waals surface area contributed by atoms with Crippen LogP contribution in [0.15, 0.2) is 4.99 Å². The SMILES string of the molecule is CC(C)CN=C(NN)NCCC1CCOC1. The van der Waals surface area contributed by atoms with Crippen molar-refractivity contribution in [3.05, 3.63) is 0 Å². The third-order valence-electron chi connectivity index (χ3n) is 2.62. The van der Waals surface area contributed by atoms with E-state index in [1.165, 1.54) is 6.42 Å². The van der Waals surface area contributed by atoms with E-state index in [-0.39, 0.29) is 0 Å². The van der Waals surface area contributed by atoms with E-state index >= 15 is 0 Å². The van der Waals surface area contributed by atoms with Gasteiger partial charge in [-0.3, -0.25) is 10.4 Å². The first-order chi connectivity index (χ1) is 7.72. The maximum absolute atomic E-state index is 5.39. The van der Waals surface area contributed by atoms with Crippen molar-refractivity contribution in [1.82, 2.24) is 10.7 Å². The lowest BCUT2D eigenvalue weighted by atomic mass is 10.1. The lowest BCUT2D eigenvalue weighted by Gasteiger charge is -2.12. The lowest BCUT2D eigenvalue weighted by Crippen LogP contribution is -2.42. The third kappa shape index (κ3) is 5.32. The summed E-state index contributed by atoms with van der Waals surface area (Å²) >= 11 is 0. The minimum absolute atomic E-state index is 0.549. The summed E-state index contributed by atoms with van der Waals surface area (Å²) in [5, 5.41) is 3.21. The fourth-order valence-corrected chi connectivity index (χ4v) is 1.63. The molecule has 0 aromatic heterocycles. The first kappa shape index (κ1) is 13.3. The molecule has 0 saturated carbocycles. The van der Waals surface area contributed by atoms with Gasteiger partial charge in [0.25, 0.3) is 0 Å². The number of hydrazine groups is 1. The molecule has 1 unspecified atom stereocenters. The lowest BCUT2D eigenvalue weighted by molar-refractivity contribution is 0.184. The number of rotatable bonds is 5. The van der Waals surface area contributed by atoms with Crippen LogP contribution in [0.2, 0.25) is 0 Å². The number of guanidine groups is 1. The van der Waals surface area contributed by atoms with Crippen LogP contribution in [0.1, 0.15) is 26.7 Å². The quantitative estimate of drug-likeness (QED) is 0.277. The Labute approximate surface area is 97.8 Å². The van der Waals surface area contributed by atoms with Gasteiger partial charge in [-0.05, 0) is 24.7 Å². The zero-order valence-electron chi connectivity index (χ0n) is 10.3. The zero-order chi connectivity index (χ0) is 11.8. The third-order valence-corrected chi connectivity index (χ3v) is 2.62. The molecule has 0 spiro atoms. The number of nitrogens with two attached hydrogens (primary N) is 1. The Balaban J connectivity index is 2.14. The van der Waals surface area contributed by atoms with Crippen LogP contribution in [-0.2, 0) is 4.74 Å². The van der Waals surface area contributed by atoms with Crippen molar-refractivity contribution in [3.8, 4) is 0 Å². The molecule has 94 valence electrons. The summed E-state index contributed by atoms with van der Waals surface area (Å²) in [6.45, 7) is 7.76. The zero-order valence-corrected chi connectivity index (χ0v) is 10.3. The van der Waals surface area contributed by atoms with Crippen LogP contribution in [0.4, 0.5) is 0 Å². The van der Waals surface area contributed by atoms with E-state index in [1.54, 1.807) is 0 Å². The minimum Gasteiger partial charge on any atom is -0.381 e. The van der Waals surface area contributed by atoms with Gasteiger partial charge in [0.1, 0.15) is 0 Å². The summed E-state index contributed by atoms with van der Waals surface area (Å²) in [5.74, 6) is 7.31. The predicted octanol–water partition coefficient (Wildman–Crippen LogP) is 0.478. The van der Waals surface area contributed by atoms with Crippen molar-refractivity contribution in [3.63, 3.8) is 0 Å². The molecular formula is C11H24N4O. The molecule has 16 heavy (non-hydrogen) atoms. The van der Waals surface area contributed by atoms with Crippen LogP contribution in [0, 0.1) is 11.8 Å². The predicted molar refractivity (Wildman–Crippen MR) is 66.0 cm³/mol. The van der Waals surface area contributed by atoms with Gasteiger partial charge < -0.3 is 10.1 Å². The van der Waals surface area contributed by atoms with Crippen LogP contribution >= 0.6 is 0 Å². The fraction of sp³-hybridized carbons (Fsp3) is 0.909. The molecule has 5 nitrogen and oxygen atoms in total. The second kappa shape index (κ2) is 7.46. The molecule has 1 heterocycles. The van der Waals surface area contributed by atoms with E-state index in [2.05, 4.69) is 29.6 Å². The van der Waals surface area contributed by atoms with Gasteiger partial charge in [-0.2, -0.15) is 0 Å². The second-order valence-electron chi connectivity index (χ2n) is 4.67. The highest BCUT2D eigenvalue weighted by Crippen LogP contribution is 2.14. The molecule has 0 aromatic carbocycles. The summed E-state index contributed by atoms with van der Waals surface area (Å²) in [7, 11) is 0. The Hall–Kier alpha value is -0.810. The Bertz CT molecular complexity index is 212. The highest BCUT2D eigenvalue weighted by molar-refractivity contribution is 5.79. The average Bonchev–Trinajstić information content (AvgIpc) is 2.75. The number of nitrogens with zero attached hydrogens (tertiary/aromatic N) is 1. The standard InChI is InChI=1S/C11H24N4O/c1-9(2)7-14-11(15-12)13-5-3-10-4-6-16-8-10/h9-10H,3-8,12H2,1-2H3,(H2,13,14,15). The van der Waals surface area contributed by atoms with Crippen LogP contribution in [0.5, 0.6) is 0 Å². The van der Waals surface area contributed by atoms with Crippen molar-refractivity contribution in [2.45, 2.75) is 26.7 Å². The van der Waals surface area contributed by atoms with Crippen LogP contribution in [-0.4, -0.2) is 32.3 Å². The van der Waals surface area contributed by atoms with E-state index in [9.17, 15) is 0 Å². The molecule has 1 atom stereocenters. The molecule has 0 bridgehead atoms. The monoisotopic (exact) mass is 228 g/mol. The van der Waals surface area contributed by atoms with E-state index in [0.717, 1.165) is 32.7 Å². The largest absolute Gasteiger partial charge is 0.381 e. The van der Waals surface area contributed by atoms with E-state index in [1.807, 2.05) is 0 Å². The molecule has 1 fully saturated rings. The van der Waals surface area contributed by atoms with Crippen molar-refractivity contribution >= 4 is 5.96 Å².